The highest BCUT2D eigenvalue weighted by Gasteiger charge is 2.23. The molecule has 132 valence electrons. The maximum Gasteiger partial charge on any atom is 0.343 e. The molecule has 0 aliphatic carbocycles. The molecule has 0 N–H and O–H groups in total. The molecule has 0 saturated carbocycles. The second kappa shape index (κ2) is 7.10. The summed E-state index contributed by atoms with van der Waals surface area (Å²) in [6.45, 7) is 0. The van der Waals surface area contributed by atoms with Crippen LogP contribution in [0.15, 0.2) is 54.1 Å². The summed E-state index contributed by atoms with van der Waals surface area (Å²) in [4.78, 5) is 22.7. The van der Waals surface area contributed by atoms with Crippen molar-refractivity contribution in [2.75, 3.05) is 14.2 Å². The van der Waals surface area contributed by atoms with Crippen molar-refractivity contribution in [3.8, 4) is 11.5 Å². The Labute approximate surface area is 149 Å². The lowest BCUT2D eigenvalue weighted by molar-refractivity contribution is -0.385. The fourth-order valence-corrected chi connectivity index (χ4v) is 2.51. The van der Waals surface area contributed by atoms with E-state index in [1.807, 2.05) is 0 Å². The van der Waals surface area contributed by atoms with Crippen molar-refractivity contribution in [2.24, 2.45) is 0 Å². The van der Waals surface area contributed by atoms with Crippen LogP contribution in [0.3, 0.4) is 0 Å². The van der Waals surface area contributed by atoms with Gasteiger partial charge in [-0.15, -0.1) is 0 Å². The van der Waals surface area contributed by atoms with E-state index in [9.17, 15) is 14.9 Å². The number of carbonyl (C=O) groups is 1. The Morgan fingerprint density at radius 2 is 1.81 bits per heavy atom. The van der Waals surface area contributed by atoms with Crippen LogP contribution < -0.4 is 9.47 Å². The van der Waals surface area contributed by atoms with Gasteiger partial charge in [-0.05, 0) is 48.0 Å². The quantitative estimate of drug-likeness (QED) is 0.353. The molecule has 0 saturated heterocycles. The normalized spacial score (nSPS) is 14.8. The van der Waals surface area contributed by atoms with Gasteiger partial charge in [0, 0.05) is 11.6 Å². The van der Waals surface area contributed by atoms with E-state index in [0.29, 0.717) is 22.6 Å². The zero-order valence-corrected chi connectivity index (χ0v) is 14.1. The second-order valence-corrected chi connectivity index (χ2v) is 5.41. The van der Waals surface area contributed by atoms with E-state index in [4.69, 9.17) is 14.2 Å². The first-order valence-corrected chi connectivity index (χ1v) is 7.64. The standard InChI is InChI=1S/C19H15NO6/c1-24-15-6-4-13(5-7-15)18-11-14(19(21)26-18)9-12-3-8-17(25-2)16(10-12)20(22)23/h3-11H,1-2H3. The zero-order chi connectivity index (χ0) is 18.7. The van der Waals surface area contributed by atoms with E-state index >= 15 is 0 Å². The van der Waals surface area contributed by atoms with Crippen LogP contribution in [-0.4, -0.2) is 25.1 Å². The lowest BCUT2D eigenvalue weighted by Crippen LogP contribution is -1.98. The molecule has 1 aliphatic heterocycles. The van der Waals surface area contributed by atoms with E-state index in [0.717, 1.165) is 5.56 Å². The summed E-state index contributed by atoms with van der Waals surface area (Å²) in [6.07, 6.45) is 3.13. The van der Waals surface area contributed by atoms with Gasteiger partial charge in [-0.1, -0.05) is 6.07 Å². The molecule has 3 rings (SSSR count). The SMILES string of the molecule is COc1ccc(C2=CC(=Cc3ccc(OC)c([N+](=O)[O-])c3)C(=O)O2)cc1. The number of nitro groups is 1. The van der Waals surface area contributed by atoms with Gasteiger partial charge in [0.1, 0.15) is 11.5 Å². The number of carbonyl (C=O) groups excluding carboxylic acids is 1. The number of rotatable bonds is 5. The van der Waals surface area contributed by atoms with Crippen LogP contribution in [0.2, 0.25) is 0 Å². The van der Waals surface area contributed by atoms with Gasteiger partial charge in [0.15, 0.2) is 5.75 Å². The lowest BCUT2D eigenvalue weighted by atomic mass is 10.1. The molecule has 0 fully saturated rings. The third kappa shape index (κ3) is 3.41. The first-order chi connectivity index (χ1) is 12.5. The summed E-state index contributed by atoms with van der Waals surface area (Å²) >= 11 is 0. The molecule has 2 aromatic rings. The predicted molar refractivity (Wildman–Crippen MR) is 94.7 cm³/mol. The molecule has 0 radical (unpaired) electrons. The summed E-state index contributed by atoms with van der Waals surface area (Å²) in [6, 6.07) is 11.5. The van der Waals surface area contributed by atoms with E-state index in [1.54, 1.807) is 43.5 Å². The van der Waals surface area contributed by atoms with Gasteiger partial charge in [0.2, 0.25) is 0 Å². The van der Waals surface area contributed by atoms with Crippen molar-refractivity contribution in [3.63, 3.8) is 0 Å². The molecule has 7 heteroatoms. The maximum absolute atomic E-state index is 12.1. The second-order valence-electron chi connectivity index (χ2n) is 5.41. The van der Waals surface area contributed by atoms with Gasteiger partial charge in [-0.2, -0.15) is 0 Å². The first kappa shape index (κ1) is 17.2. The largest absolute Gasteiger partial charge is 0.497 e. The van der Waals surface area contributed by atoms with Gasteiger partial charge in [-0.3, -0.25) is 10.1 Å². The Hall–Kier alpha value is -3.61. The number of cyclic esters (lactones) is 1. The van der Waals surface area contributed by atoms with Gasteiger partial charge < -0.3 is 14.2 Å². The fraction of sp³-hybridized carbons (Fsp3) is 0.105. The third-order valence-corrected chi connectivity index (χ3v) is 3.82. The van der Waals surface area contributed by atoms with Crippen molar-refractivity contribution < 1.29 is 23.9 Å². The minimum Gasteiger partial charge on any atom is -0.497 e. The highest BCUT2D eigenvalue weighted by molar-refractivity contribution is 6.05. The molecule has 1 aliphatic rings. The smallest absolute Gasteiger partial charge is 0.343 e. The first-order valence-electron chi connectivity index (χ1n) is 7.64. The Balaban J connectivity index is 1.93. The molecule has 7 nitrogen and oxygen atoms in total. The number of nitro benzene ring substituents is 1. The Morgan fingerprint density at radius 3 is 2.42 bits per heavy atom. The summed E-state index contributed by atoms with van der Waals surface area (Å²) in [5, 5.41) is 11.1. The predicted octanol–water partition coefficient (Wildman–Crippen LogP) is 3.59. The Kier molecular flexibility index (Phi) is 4.70. The molecule has 0 aromatic heterocycles. The molecule has 0 amide bonds. The third-order valence-electron chi connectivity index (χ3n) is 3.82. The van der Waals surface area contributed by atoms with E-state index < -0.39 is 10.9 Å². The molecule has 0 atom stereocenters. The number of methoxy groups -OCH3 is 2. The van der Waals surface area contributed by atoms with Crippen LogP contribution in [-0.2, 0) is 9.53 Å². The molecule has 2 aromatic carbocycles. The van der Waals surface area contributed by atoms with Crippen LogP contribution in [0.25, 0.3) is 11.8 Å². The number of hydrogen-bond acceptors (Lipinski definition) is 6. The Morgan fingerprint density at radius 1 is 1.08 bits per heavy atom. The average Bonchev–Trinajstić information content (AvgIpc) is 3.02. The number of benzene rings is 2. The van der Waals surface area contributed by atoms with E-state index in [-0.39, 0.29) is 11.4 Å². The number of nitrogens with zero attached hydrogens (tertiary/aromatic N) is 1. The van der Waals surface area contributed by atoms with Gasteiger partial charge in [0.25, 0.3) is 0 Å². The lowest BCUT2D eigenvalue weighted by Gasteiger charge is -2.03. The van der Waals surface area contributed by atoms with Gasteiger partial charge >= 0.3 is 11.7 Å². The van der Waals surface area contributed by atoms with Crippen molar-refractivity contribution in [2.45, 2.75) is 0 Å². The van der Waals surface area contributed by atoms with Crippen molar-refractivity contribution in [3.05, 3.63) is 75.4 Å². The van der Waals surface area contributed by atoms with Crippen molar-refractivity contribution in [1.29, 1.82) is 0 Å². The number of hydrogen-bond donors (Lipinski definition) is 0. The molecular weight excluding hydrogens is 338 g/mol. The van der Waals surface area contributed by atoms with E-state index in [1.165, 1.54) is 25.3 Å². The topological polar surface area (TPSA) is 87.9 Å². The van der Waals surface area contributed by atoms with Crippen LogP contribution in [0.1, 0.15) is 11.1 Å². The Bertz CT molecular complexity index is 928. The molecular formula is C19H15NO6. The van der Waals surface area contributed by atoms with Crippen LogP contribution in [0.4, 0.5) is 5.69 Å². The van der Waals surface area contributed by atoms with Gasteiger partial charge in [-0.25, -0.2) is 4.79 Å². The molecule has 0 unspecified atom stereocenters. The highest BCUT2D eigenvalue weighted by Crippen LogP contribution is 2.31. The monoisotopic (exact) mass is 353 g/mol. The molecule has 0 bridgehead atoms. The maximum atomic E-state index is 12.1. The van der Waals surface area contributed by atoms with E-state index in [2.05, 4.69) is 0 Å². The van der Waals surface area contributed by atoms with Crippen molar-refractivity contribution >= 4 is 23.5 Å². The minimum absolute atomic E-state index is 0.153. The minimum atomic E-state index is -0.535. The molecule has 26 heavy (non-hydrogen) atoms. The molecule has 1 heterocycles. The number of esters is 1. The average molecular weight is 353 g/mol. The fourth-order valence-electron chi connectivity index (χ4n) is 2.51. The molecule has 0 spiro atoms. The van der Waals surface area contributed by atoms with Gasteiger partial charge in [0.05, 0.1) is 24.7 Å². The highest BCUT2D eigenvalue weighted by atomic mass is 16.6. The summed E-state index contributed by atoms with van der Waals surface area (Å²) in [7, 11) is 2.93. The number of ether oxygens (including phenoxy) is 3. The summed E-state index contributed by atoms with van der Waals surface area (Å²) in [5.41, 5.74) is 1.35. The van der Waals surface area contributed by atoms with Crippen LogP contribution in [0, 0.1) is 10.1 Å². The van der Waals surface area contributed by atoms with Crippen LogP contribution >= 0.6 is 0 Å². The van der Waals surface area contributed by atoms with Crippen molar-refractivity contribution in [1.82, 2.24) is 0 Å². The zero-order valence-electron chi connectivity index (χ0n) is 14.1. The summed E-state index contributed by atoms with van der Waals surface area (Å²) in [5.74, 6) is 0.738. The summed E-state index contributed by atoms with van der Waals surface area (Å²) < 4.78 is 15.4. The van der Waals surface area contributed by atoms with Crippen LogP contribution in [0.5, 0.6) is 11.5 Å².